The molecule has 0 atom stereocenters. The number of oxazole rings is 1. The molecule has 0 aliphatic heterocycles. The van der Waals surface area contributed by atoms with Gasteiger partial charge in [-0.25, -0.2) is 9.78 Å². The summed E-state index contributed by atoms with van der Waals surface area (Å²) in [4.78, 5) is 28.1. The fraction of sp³-hybridized carbons (Fsp3) is 0.414. The Bertz CT molecular complexity index is 1230. The number of aliphatic carboxylic acids is 1. The molecule has 1 aliphatic carbocycles. The maximum Gasteiger partial charge on any atom is 0.407 e. The van der Waals surface area contributed by atoms with Crippen LogP contribution in [0.4, 0.5) is 4.79 Å². The number of ether oxygens (including phenoxy) is 2. The zero-order valence-electron chi connectivity index (χ0n) is 21.5. The van der Waals surface area contributed by atoms with Crippen molar-refractivity contribution in [1.29, 1.82) is 0 Å². The van der Waals surface area contributed by atoms with E-state index in [4.69, 9.17) is 19.0 Å². The van der Waals surface area contributed by atoms with Crippen molar-refractivity contribution in [2.75, 3.05) is 6.61 Å². The number of halogens is 1. The molecule has 1 saturated carbocycles. The third-order valence-electron chi connectivity index (χ3n) is 6.66. The Morgan fingerprint density at radius 2 is 1.84 bits per heavy atom. The number of carbonyl (C=O) groups is 2. The number of nitrogens with zero attached hydrogens (tertiary/aromatic N) is 1. The maximum atomic E-state index is 12.4. The van der Waals surface area contributed by atoms with Gasteiger partial charge in [-0.2, -0.15) is 0 Å². The average Bonchev–Trinajstić information content (AvgIpc) is 3.28. The molecule has 4 rings (SSSR count). The van der Waals surface area contributed by atoms with Gasteiger partial charge in [0.25, 0.3) is 0 Å². The first-order valence-electron chi connectivity index (χ1n) is 13.0. The van der Waals surface area contributed by atoms with Crippen LogP contribution in [0.2, 0.25) is 0 Å². The smallest absolute Gasteiger partial charge is 0.407 e. The Kier molecular flexibility index (Phi) is 9.81. The molecule has 0 saturated heterocycles. The van der Waals surface area contributed by atoms with Crippen LogP contribution in [0.25, 0.3) is 11.5 Å². The number of carboxylic acids is 1. The highest BCUT2D eigenvalue weighted by molar-refractivity contribution is 9.10. The Labute approximate surface area is 230 Å². The van der Waals surface area contributed by atoms with Crippen molar-refractivity contribution in [2.24, 2.45) is 0 Å². The number of nitrogens with one attached hydrogen (secondary N) is 1. The lowest BCUT2D eigenvalue weighted by atomic mass is 9.96. The van der Waals surface area contributed by atoms with Crippen molar-refractivity contribution >= 4 is 28.0 Å². The highest BCUT2D eigenvalue weighted by Gasteiger charge is 2.17. The minimum atomic E-state index is -0.877. The molecular formula is C29H33BrN2O6. The van der Waals surface area contributed by atoms with Crippen LogP contribution in [0, 0.1) is 6.92 Å². The van der Waals surface area contributed by atoms with Crippen LogP contribution in [0.15, 0.2) is 51.4 Å². The number of carbonyl (C=O) groups excluding carboxylic acids is 1. The van der Waals surface area contributed by atoms with E-state index in [2.05, 4.69) is 26.2 Å². The predicted octanol–water partition coefficient (Wildman–Crippen LogP) is 6.61. The third-order valence-corrected chi connectivity index (χ3v) is 7.19. The van der Waals surface area contributed by atoms with E-state index < -0.39 is 12.1 Å². The second-order valence-electron chi connectivity index (χ2n) is 9.51. The van der Waals surface area contributed by atoms with Gasteiger partial charge in [-0.1, -0.05) is 41.3 Å². The van der Waals surface area contributed by atoms with Crippen LogP contribution in [0.3, 0.4) is 0 Å². The van der Waals surface area contributed by atoms with E-state index in [9.17, 15) is 9.59 Å². The predicted molar refractivity (Wildman–Crippen MR) is 146 cm³/mol. The number of aromatic nitrogens is 1. The zero-order chi connectivity index (χ0) is 26.9. The molecular weight excluding hydrogens is 552 g/mol. The van der Waals surface area contributed by atoms with Crippen LogP contribution in [-0.4, -0.2) is 34.8 Å². The van der Waals surface area contributed by atoms with Crippen molar-refractivity contribution in [3.8, 4) is 17.2 Å². The molecule has 1 amide bonds. The molecule has 0 unspecified atom stereocenters. The van der Waals surface area contributed by atoms with Crippen molar-refractivity contribution in [1.82, 2.24) is 10.3 Å². The lowest BCUT2D eigenvalue weighted by Crippen LogP contribution is -2.36. The van der Waals surface area contributed by atoms with Gasteiger partial charge < -0.3 is 24.3 Å². The summed E-state index contributed by atoms with van der Waals surface area (Å²) in [5, 5.41) is 12.1. The van der Waals surface area contributed by atoms with E-state index in [1.54, 1.807) is 0 Å². The average molecular weight is 585 g/mol. The van der Waals surface area contributed by atoms with Crippen LogP contribution in [0.1, 0.15) is 61.1 Å². The summed E-state index contributed by atoms with van der Waals surface area (Å²) in [6.07, 6.45) is 5.82. The topological polar surface area (TPSA) is 111 Å². The van der Waals surface area contributed by atoms with Crippen LogP contribution in [-0.2, 0) is 29.0 Å². The summed E-state index contributed by atoms with van der Waals surface area (Å²) in [5.41, 5.74) is 3.27. The molecule has 2 N–H and O–H groups in total. The van der Waals surface area contributed by atoms with E-state index >= 15 is 0 Å². The SMILES string of the molecule is Cc1oc(-c2ccc(Br)cc2)nc1CCOc1ccc(CCC(=O)O)c(COC(=O)NC2CCCCC2)c1. The molecule has 1 fully saturated rings. The number of benzene rings is 2. The molecule has 0 radical (unpaired) electrons. The minimum absolute atomic E-state index is 0.00634. The number of alkyl carbamates (subject to hydrolysis) is 1. The van der Waals surface area contributed by atoms with Gasteiger partial charge in [0, 0.05) is 28.9 Å². The maximum absolute atomic E-state index is 12.4. The number of amides is 1. The van der Waals surface area contributed by atoms with E-state index in [-0.39, 0.29) is 19.1 Å². The van der Waals surface area contributed by atoms with Crippen LogP contribution < -0.4 is 10.1 Å². The van der Waals surface area contributed by atoms with Gasteiger partial charge in [0.2, 0.25) is 5.89 Å². The second kappa shape index (κ2) is 13.5. The Morgan fingerprint density at radius 1 is 1.08 bits per heavy atom. The fourth-order valence-corrected chi connectivity index (χ4v) is 4.82. The normalized spacial score (nSPS) is 13.7. The fourth-order valence-electron chi connectivity index (χ4n) is 4.55. The zero-order valence-corrected chi connectivity index (χ0v) is 23.1. The minimum Gasteiger partial charge on any atom is -0.493 e. The van der Waals surface area contributed by atoms with Crippen molar-refractivity contribution in [3.63, 3.8) is 0 Å². The van der Waals surface area contributed by atoms with Gasteiger partial charge in [0.05, 0.1) is 12.3 Å². The highest BCUT2D eigenvalue weighted by Crippen LogP contribution is 2.25. The molecule has 0 bridgehead atoms. The number of aryl methyl sites for hydroxylation is 2. The quantitative estimate of drug-likeness (QED) is 0.261. The molecule has 1 heterocycles. The first kappa shape index (κ1) is 27.7. The Morgan fingerprint density at radius 3 is 2.58 bits per heavy atom. The van der Waals surface area contributed by atoms with Gasteiger partial charge in [-0.05, 0) is 73.7 Å². The van der Waals surface area contributed by atoms with E-state index in [1.165, 1.54) is 6.42 Å². The number of rotatable bonds is 11. The molecule has 0 spiro atoms. The van der Waals surface area contributed by atoms with Crippen LogP contribution in [0.5, 0.6) is 5.75 Å². The Hall–Kier alpha value is -3.33. The summed E-state index contributed by atoms with van der Waals surface area (Å²) in [5.74, 6) is 1.05. The first-order chi connectivity index (χ1) is 18.4. The third kappa shape index (κ3) is 8.08. The molecule has 8 nitrogen and oxygen atoms in total. The molecule has 9 heteroatoms. The highest BCUT2D eigenvalue weighted by atomic mass is 79.9. The van der Waals surface area contributed by atoms with Crippen molar-refractivity contribution in [2.45, 2.75) is 70.9 Å². The molecule has 2 aromatic carbocycles. The van der Waals surface area contributed by atoms with E-state index in [1.807, 2.05) is 49.4 Å². The lowest BCUT2D eigenvalue weighted by Gasteiger charge is -2.22. The second-order valence-corrected chi connectivity index (χ2v) is 10.4. The summed E-state index contributed by atoms with van der Waals surface area (Å²) >= 11 is 3.43. The molecule has 3 aromatic rings. The number of carboxylic acid groups (broad SMARTS) is 1. The van der Waals surface area contributed by atoms with Gasteiger partial charge in [0.15, 0.2) is 0 Å². The standard InChI is InChI=1S/C29H33BrN2O6/c1-19-26(32-28(38-19)21-7-11-23(30)12-8-21)15-16-36-25-13-9-20(10-14-27(33)34)22(17-25)18-37-29(35)31-24-5-3-2-4-6-24/h7-9,11-13,17,24H,2-6,10,14-16,18H2,1H3,(H,31,35)(H,33,34). The molecule has 1 aliphatic rings. The monoisotopic (exact) mass is 584 g/mol. The summed E-state index contributed by atoms with van der Waals surface area (Å²) in [6, 6.07) is 13.4. The summed E-state index contributed by atoms with van der Waals surface area (Å²) in [7, 11) is 0. The lowest BCUT2D eigenvalue weighted by molar-refractivity contribution is -0.136. The molecule has 1 aromatic heterocycles. The van der Waals surface area contributed by atoms with Gasteiger partial charge in [-0.3, -0.25) is 4.79 Å². The van der Waals surface area contributed by atoms with E-state index in [0.29, 0.717) is 31.1 Å². The van der Waals surface area contributed by atoms with Gasteiger partial charge >= 0.3 is 12.1 Å². The van der Waals surface area contributed by atoms with Crippen molar-refractivity contribution < 1.29 is 28.6 Å². The number of hydrogen-bond donors (Lipinski definition) is 2. The molecule has 202 valence electrons. The largest absolute Gasteiger partial charge is 0.493 e. The summed E-state index contributed by atoms with van der Waals surface area (Å²) in [6.45, 7) is 2.31. The van der Waals surface area contributed by atoms with E-state index in [0.717, 1.165) is 58.3 Å². The first-order valence-corrected chi connectivity index (χ1v) is 13.8. The van der Waals surface area contributed by atoms with Gasteiger partial charge in [-0.15, -0.1) is 0 Å². The summed E-state index contributed by atoms with van der Waals surface area (Å²) < 4.78 is 18.3. The van der Waals surface area contributed by atoms with Crippen molar-refractivity contribution in [3.05, 3.63) is 69.5 Å². The number of hydrogen-bond acceptors (Lipinski definition) is 6. The van der Waals surface area contributed by atoms with Crippen LogP contribution >= 0.6 is 15.9 Å². The van der Waals surface area contributed by atoms with Gasteiger partial charge in [0.1, 0.15) is 18.1 Å². The molecule has 38 heavy (non-hydrogen) atoms. The Balaban J connectivity index is 1.36.